The van der Waals surface area contributed by atoms with Gasteiger partial charge in [-0.15, -0.1) is 0 Å². The number of aromatic nitrogens is 2. The highest BCUT2D eigenvalue weighted by molar-refractivity contribution is 6.32. The van der Waals surface area contributed by atoms with Crippen LogP contribution in [0.3, 0.4) is 0 Å². The molecule has 0 aliphatic heterocycles. The second kappa shape index (κ2) is 5.42. The smallest absolute Gasteiger partial charge is 0.267 e. The standard InChI is InChI=1S/C13H14ClN3O3/c1-6-12(13(20)17-16-6)8(5-11(15)19)7-2-3-10(18)9(14)4-7/h2-4,8,18H,5H2,1H3,(H2,15,19)(H2,16,17,20)/t8-/m1/s1. The molecular formula is C13H14ClN3O3. The van der Waals surface area contributed by atoms with Gasteiger partial charge >= 0.3 is 0 Å². The number of halogens is 1. The van der Waals surface area contributed by atoms with Crippen molar-refractivity contribution in [2.45, 2.75) is 19.3 Å². The number of phenols is 1. The number of primary amides is 1. The third-order valence-corrected chi connectivity index (χ3v) is 3.44. The number of amides is 1. The summed E-state index contributed by atoms with van der Waals surface area (Å²) in [7, 11) is 0. The topological polar surface area (TPSA) is 112 Å². The highest BCUT2D eigenvalue weighted by Gasteiger charge is 2.23. The van der Waals surface area contributed by atoms with E-state index in [1.165, 1.54) is 12.1 Å². The molecule has 0 bridgehead atoms. The average molecular weight is 296 g/mol. The number of phenolic OH excluding ortho intramolecular Hbond substituents is 1. The lowest BCUT2D eigenvalue weighted by atomic mass is 9.88. The van der Waals surface area contributed by atoms with Crippen LogP contribution >= 0.6 is 11.6 Å². The van der Waals surface area contributed by atoms with Crippen LogP contribution in [0.15, 0.2) is 23.0 Å². The Morgan fingerprint density at radius 1 is 1.45 bits per heavy atom. The minimum Gasteiger partial charge on any atom is -0.506 e. The van der Waals surface area contributed by atoms with Gasteiger partial charge in [-0.05, 0) is 24.6 Å². The van der Waals surface area contributed by atoms with E-state index >= 15 is 0 Å². The van der Waals surface area contributed by atoms with Crippen molar-refractivity contribution in [3.63, 3.8) is 0 Å². The zero-order valence-corrected chi connectivity index (χ0v) is 11.5. The summed E-state index contributed by atoms with van der Waals surface area (Å²) in [5.74, 6) is -1.10. The van der Waals surface area contributed by atoms with E-state index in [2.05, 4.69) is 10.2 Å². The van der Waals surface area contributed by atoms with Gasteiger partial charge in [-0.3, -0.25) is 14.7 Å². The summed E-state index contributed by atoms with van der Waals surface area (Å²) >= 11 is 5.88. The lowest BCUT2D eigenvalue weighted by molar-refractivity contribution is -0.118. The molecule has 7 heteroatoms. The zero-order chi connectivity index (χ0) is 14.9. The summed E-state index contributed by atoms with van der Waals surface area (Å²) in [5.41, 5.74) is 6.66. The molecule has 0 aliphatic carbocycles. The molecule has 1 aromatic carbocycles. The van der Waals surface area contributed by atoms with Crippen molar-refractivity contribution in [1.29, 1.82) is 0 Å². The normalized spacial score (nSPS) is 12.3. The van der Waals surface area contributed by atoms with Gasteiger partial charge in [0.2, 0.25) is 5.91 Å². The van der Waals surface area contributed by atoms with Gasteiger partial charge < -0.3 is 15.9 Å². The summed E-state index contributed by atoms with van der Waals surface area (Å²) in [6, 6.07) is 4.55. The van der Waals surface area contributed by atoms with Crippen LogP contribution in [0.25, 0.3) is 0 Å². The lowest BCUT2D eigenvalue weighted by Gasteiger charge is -2.15. The van der Waals surface area contributed by atoms with Crippen molar-refractivity contribution < 1.29 is 9.90 Å². The van der Waals surface area contributed by atoms with Gasteiger partial charge in [0.1, 0.15) is 5.75 Å². The predicted octanol–water partition coefficient (Wildman–Crippen LogP) is 1.38. The van der Waals surface area contributed by atoms with Crippen LogP contribution in [0.1, 0.15) is 29.2 Å². The van der Waals surface area contributed by atoms with E-state index in [0.29, 0.717) is 16.8 Å². The van der Waals surface area contributed by atoms with Crippen molar-refractivity contribution in [3.8, 4) is 5.75 Å². The van der Waals surface area contributed by atoms with Gasteiger partial charge in [-0.25, -0.2) is 0 Å². The summed E-state index contributed by atoms with van der Waals surface area (Å²) in [6.07, 6.45) is -0.0249. The highest BCUT2D eigenvalue weighted by Crippen LogP contribution is 2.32. The first kappa shape index (κ1) is 14.2. The molecule has 0 aliphatic rings. The zero-order valence-electron chi connectivity index (χ0n) is 10.7. The van der Waals surface area contributed by atoms with E-state index in [0.717, 1.165) is 0 Å². The molecular weight excluding hydrogens is 282 g/mol. The molecule has 6 nitrogen and oxygen atoms in total. The van der Waals surface area contributed by atoms with Crippen molar-refractivity contribution in [1.82, 2.24) is 10.2 Å². The van der Waals surface area contributed by atoms with Gasteiger partial charge in [0.15, 0.2) is 0 Å². The Labute approximate surface area is 119 Å². The molecule has 2 aromatic rings. The fourth-order valence-corrected chi connectivity index (χ4v) is 2.39. The maximum Gasteiger partial charge on any atom is 0.267 e. The van der Waals surface area contributed by atoms with Crippen molar-refractivity contribution in [3.05, 3.63) is 50.4 Å². The number of rotatable bonds is 4. The number of aryl methyl sites for hydroxylation is 1. The molecule has 1 atom stereocenters. The highest BCUT2D eigenvalue weighted by atomic mass is 35.5. The predicted molar refractivity (Wildman–Crippen MR) is 74.9 cm³/mol. The fourth-order valence-electron chi connectivity index (χ4n) is 2.20. The Balaban J connectivity index is 2.55. The van der Waals surface area contributed by atoms with Gasteiger partial charge in [0, 0.05) is 23.6 Å². The third kappa shape index (κ3) is 2.70. The summed E-state index contributed by atoms with van der Waals surface area (Å²) in [6.45, 7) is 1.73. The molecule has 1 heterocycles. The van der Waals surface area contributed by atoms with E-state index in [4.69, 9.17) is 17.3 Å². The van der Waals surface area contributed by atoms with Crippen LogP contribution < -0.4 is 11.3 Å². The summed E-state index contributed by atoms with van der Waals surface area (Å²) in [4.78, 5) is 23.1. The quantitative estimate of drug-likeness (QED) is 0.683. The van der Waals surface area contributed by atoms with Crippen LogP contribution in [0, 0.1) is 6.92 Å². The van der Waals surface area contributed by atoms with E-state index in [1.54, 1.807) is 13.0 Å². The third-order valence-electron chi connectivity index (χ3n) is 3.14. The Morgan fingerprint density at radius 2 is 2.15 bits per heavy atom. The molecule has 106 valence electrons. The van der Waals surface area contributed by atoms with Gasteiger partial charge in [-0.2, -0.15) is 0 Å². The minimum absolute atomic E-state index is 0.0249. The molecule has 0 spiro atoms. The number of hydrogen-bond acceptors (Lipinski definition) is 3. The van der Waals surface area contributed by atoms with E-state index < -0.39 is 11.8 Å². The largest absolute Gasteiger partial charge is 0.506 e. The van der Waals surface area contributed by atoms with Gasteiger partial charge in [0.05, 0.1) is 5.02 Å². The number of carbonyl (C=O) groups is 1. The number of aromatic hydroxyl groups is 1. The maximum absolute atomic E-state index is 11.9. The molecule has 1 amide bonds. The Kier molecular flexibility index (Phi) is 3.85. The monoisotopic (exact) mass is 295 g/mol. The van der Waals surface area contributed by atoms with E-state index in [1.807, 2.05) is 0 Å². The molecule has 0 saturated carbocycles. The lowest BCUT2D eigenvalue weighted by Crippen LogP contribution is -2.20. The van der Waals surface area contributed by atoms with Crippen molar-refractivity contribution >= 4 is 17.5 Å². The number of nitrogens with one attached hydrogen (secondary N) is 2. The van der Waals surface area contributed by atoms with Crippen LogP contribution in [-0.2, 0) is 4.79 Å². The number of benzene rings is 1. The Hall–Kier alpha value is -2.21. The number of aromatic amines is 2. The van der Waals surface area contributed by atoms with Gasteiger partial charge in [0.25, 0.3) is 5.56 Å². The van der Waals surface area contributed by atoms with E-state index in [-0.39, 0.29) is 22.8 Å². The second-order valence-electron chi connectivity index (χ2n) is 4.55. The summed E-state index contributed by atoms with van der Waals surface area (Å²) < 4.78 is 0. The molecule has 20 heavy (non-hydrogen) atoms. The summed E-state index contributed by atoms with van der Waals surface area (Å²) in [5, 5.41) is 14.8. The number of hydrogen-bond donors (Lipinski definition) is 4. The first-order valence-corrected chi connectivity index (χ1v) is 6.31. The van der Waals surface area contributed by atoms with Gasteiger partial charge in [-0.1, -0.05) is 17.7 Å². The second-order valence-corrected chi connectivity index (χ2v) is 4.96. The molecule has 0 fully saturated rings. The average Bonchev–Trinajstić information content (AvgIpc) is 2.70. The molecule has 0 saturated heterocycles. The first-order chi connectivity index (χ1) is 9.40. The van der Waals surface area contributed by atoms with Crippen molar-refractivity contribution in [2.75, 3.05) is 0 Å². The SMILES string of the molecule is Cc1[nH][nH]c(=O)c1[C@H](CC(N)=O)c1ccc(O)c(Cl)c1. The van der Waals surface area contributed by atoms with Crippen LogP contribution in [-0.4, -0.2) is 21.2 Å². The number of nitrogens with two attached hydrogens (primary N) is 1. The fraction of sp³-hybridized carbons (Fsp3) is 0.231. The van der Waals surface area contributed by atoms with Crippen molar-refractivity contribution in [2.24, 2.45) is 5.73 Å². The molecule has 0 unspecified atom stereocenters. The molecule has 0 radical (unpaired) electrons. The Bertz CT molecular complexity index is 705. The number of carbonyl (C=O) groups excluding carboxylic acids is 1. The van der Waals surface area contributed by atoms with E-state index in [9.17, 15) is 14.7 Å². The van der Waals surface area contributed by atoms with Crippen LogP contribution in [0.5, 0.6) is 5.75 Å². The van der Waals surface area contributed by atoms with Crippen LogP contribution in [0.4, 0.5) is 0 Å². The number of H-pyrrole nitrogens is 2. The molecule has 2 rings (SSSR count). The molecule has 1 aromatic heterocycles. The molecule has 5 N–H and O–H groups in total. The minimum atomic E-state index is -0.529. The maximum atomic E-state index is 11.9. The van der Waals surface area contributed by atoms with Crippen LogP contribution in [0.2, 0.25) is 5.02 Å². The first-order valence-electron chi connectivity index (χ1n) is 5.94. The Morgan fingerprint density at radius 3 is 2.65 bits per heavy atom.